The molecule has 100 valence electrons. The monoisotopic (exact) mass is 341 g/mol. The Kier molecular flexibility index (Phi) is 4.97. The zero-order valence-corrected chi connectivity index (χ0v) is 12.8. The lowest BCUT2D eigenvalue weighted by molar-refractivity contribution is 0.543. The van der Waals surface area contributed by atoms with Crippen molar-refractivity contribution in [3.05, 3.63) is 68.9 Å². The summed E-state index contributed by atoms with van der Waals surface area (Å²) >= 11 is 9.25. The minimum Gasteiger partial charge on any atom is -0.306 e. The third-order valence-corrected chi connectivity index (χ3v) is 3.94. The summed E-state index contributed by atoms with van der Waals surface area (Å²) < 4.78 is 14.7. The van der Waals surface area contributed by atoms with Crippen molar-refractivity contribution >= 4 is 27.5 Å². The molecule has 2 rings (SSSR count). The van der Waals surface area contributed by atoms with E-state index in [-0.39, 0.29) is 11.9 Å². The second-order valence-corrected chi connectivity index (χ2v) is 5.65. The molecule has 0 aliphatic rings. The maximum Gasteiger partial charge on any atom is 0.129 e. The van der Waals surface area contributed by atoms with Crippen molar-refractivity contribution in [1.29, 1.82) is 0 Å². The molecule has 0 bridgehead atoms. The number of halogens is 3. The molecule has 0 spiro atoms. The number of nitrogens with one attached hydrogen (secondary N) is 1. The van der Waals surface area contributed by atoms with E-state index in [1.807, 2.05) is 31.2 Å². The fourth-order valence-electron chi connectivity index (χ4n) is 1.86. The summed E-state index contributed by atoms with van der Waals surface area (Å²) in [7, 11) is 0. The molecule has 1 atom stereocenters. The summed E-state index contributed by atoms with van der Waals surface area (Å²) in [4.78, 5) is 0. The number of hydrogen-bond acceptors (Lipinski definition) is 1. The highest BCUT2D eigenvalue weighted by Crippen LogP contribution is 2.23. The maximum absolute atomic E-state index is 13.6. The minimum atomic E-state index is -0.278. The van der Waals surface area contributed by atoms with Crippen LogP contribution in [0.5, 0.6) is 0 Å². The van der Waals surface area contributed by atoms with E-state index in [1.165, 1.54) is 6.07 Å². The molecule has 0 saturated heterocycles. The number of hydrogen-bond donors (Lipinski definition) is 1. The van der Waals surface area contributed by atoms with Crippen molar-refractivity contribution in [2.75, 3.05) is 0 Å². The van der Waals surface area contributed by atoms with Gasteiger partial charge in [-0.15, -0.1) is 0 Å². The number of benzene rings is 2. The fraction of sp³-hybridized carbons (Fsp3) is 0.200. The average Bonchev–Trinajstić information content (AvgIpc) is 2.38. The smallest absolute Gasteiger partial charge is 0.129 e. The van der Waals surface area contributed by atoms with Crippen LogP contribution in [0.1, 0.15) is 24.1 Å². The molecule has 0 saturated carbocycles. The fourth-order valence-corrected chi connectivity index (χ4v) is 2.65. The van der Waals surface area contributed by atoms with Gasteiger partial charge in [0, 0.05) is 27.6 Å². The van der Waals surface area contributed by atoms with E-state index >= 15 is 0 Å². The first kappa shape index (κ1) is 14.5. The van der Waals surface area contributed by atoms with Crippen LogP contribution in [-0.2, 0) is 6.54 Å². The summed E-state index contributed by atoms with van der Waals surface area (Å²) in [6, 6.07) is 12.9. The highest BCUT2D eigenvalue weighted by atomic mass is 79.9. The van der Waals surface area contributed by atoms with Crippen LogP contribution in [0, 0.1) is 5.82 Å². The second kappa shape index (κ2) is 6.51. The third-order valence-electron chi connectivity index (χ3n) is 2.99. The van der Waals surface area contributed by atoms with Crippen LogP contribution in [0.2, 0.25) is 5.02 Å². The molecule has 0 heterocycles. The molecular formula is C15H14BrClFN. The normalized spacial score (nSPS) is 12.4. The topological polar surface area (TPSA) is 12.0 Å². The first-order chi connectivity index (χ1) is 9.08. The van der Waals surface area contributed by atoms with Gasteiger partial charge >= 0.3 is 0 Å². The van der Waals surface area contributed by atoms with Crippen LogP contribution >= 0.6 is 27.5 Å². The Hall–Kier alpha value is -0.900. The van der Waals surface area contributed by atoms with Crippen molar-refractivity contribution in [2.45, 2.75) is 19.5 Å². The predicted molar refractivity (Wildman–Crippen MR) is 80.8 cm³/mol. The van der Waals surface area contributed by atoms with Crippen LogP contribution in [0.4, 0.5) is 4.39 Å². The van der Waals surface area contributed by atoms with Gasteiger partial charge in [-0.05, 0) is 30.7 Å². The molecule has 0 radical (unpaired) electrons. The molecule has 2 aromatic rings. The van der Waals surface area contributed by atoms with Crippen molar-refractivity contribution in [3.8, 4) is 0 Å². The van der Waals surface area contributed by atoms with Crippen LogP contribution in [0.15, 0.2) is 46.9 Å². The molecule has 0 aromatic heterocycles. The van der Waals surface area contributed by atoms with Crippen LogP contribution in [-0.4, -0.2) is 0 Å². The Morgan fingerprint density at radius 2 is 2.00 bits per heavy atom. The molecular weight excluding hydrogens is 329 g/mol. The Morgan fingerprint density at radius 1 is 1.26 bits per heavy atom. The summed E-state index contributed by atoms with van der Waals surface area (Å²) in [5.74, 6) is -0.278. The standard InChI is InChI=1S/C15H14BrClFN/c1-10(13-4-2-3-5-14(13)16)19-9-11-6-7-12(17)8-15(11)18/h2-8,10,19H,9H2,1H3/t10-/m1/s1. The van der Waals surface area contributed by atoms with Gasteiger partial charge in [0.2, 0.25) is 0 Å². The zero-order chi connectivity index (χ0) is 13.8. The van der Waals surface area contributed by atoms with E-state index in [0.717, 1.165) is 10.0 Å². The minimum absolute atomic E-state index is 0.130. The third kappa shape index (κ3) is 3.78. The van der Waals surface area contributed by atoms with E-state index in [9.17, 15) is 4.39 Å². The Labute approximate surface area is 125 Å². The molecule has 0 aliphatic heterocycles. The molecule has 0 unspecified atom stereocenters. The van der Waals surface area contributed by atoms with Crippen LogP contribution in [0.3, 0.4) is 0 Å². The van der Waals surface area contributed by atoms with Crippen molar-refractivity contribution < 1.29 is 4.39 Å². The first-order valence-electron chi connectivity index (χ1n) is 5.99. The summed E-state index contributed by atoms with van der Waals surface area (Å²) in [6.07, 6.45) is 0. The quantitative estimate of drug-likeness (QED) is 0.816. The second-order valence-electron chi connectivity index (χ2n) is 4.36. The molecule has 2 aromatic carbocycles. The predicted octanol–water partition coefficient (Wildman–Crippen LogP) is 5.09. The van der Waals surface area contributed by atoms with E-state index < -0.39 is 0 Å². The van der Waals surface area contributed by atoms with Crippen LogP contribution in [0.25, 0.3) is 0 Å². The molecule has 0 aliphatic carbocycles. The van der Waals surface area contributed by atoms with E-state index in [2.05, 4.69) is 21.2 Å². The molecule has 4 heteroatoms. The van der Waals surface area contributed by atoms with Gasteiger partial charge in [0.25, 0.3) is 0 Å². The highest BCUT2D eigenvalue weighted by Gasteiger charge is 2.09. The van der Waals surface area contributed by atoms with Gasteiger partial charge in [-0.2, -0.15) is 0 Å². The molecule has 0 fully saturated rings. The Balaban J connectivity index is 2.04. The van der Waals surface area contributed by atoms with E-state index in [4.69, 9.17) is 11.6 Å². The Bertz CT molecular complexity index is 574. The molecule has 1 N–H and O–H groups in total. The van der Waals surface area contributed by atoms with Crippen LogP contribution < -0.4 is 5.32 Å². The highest BCUT2D eigenvalue weighted by molar-refractivity contribution is 9.10. The van der Waals surface area contributed by atoms with Gasteiger partial charge in [-0.1, -0.05) is 51.8 Å². The summed E-state index contributed by atoms with van der Waals surface area (Å²) in [6.45, 7) is 2.51. The molecule has 0 amide bonds. The molecule has 1 nitrogen and oxygen atoms in total. The Morgan fingerprint density at radius 3 is 2.68 bits per heavy atom. The van der Waals surface area contributed by atoms with Gasteiger partial charge in [0.1, 0.15) is 5.82 Å². The average molecular weight is 343 g/mol. The van der Waals surface area contributed by atoms with Crippen molar-refractivity contribution in [3.63, 3.8) is 0 Å². The zero-order valence-electron chi connectivity index (χ0n) is 10.5. The van der Waals surface area contributed by atoms with Crippen molar-refractivity contribution in [2.24, 2.45) is 0 Å². The van der Waals surface area contributed by atoms with Gasteiger partial charge in [-0.3, -0.25) is 0 Å². The van der Waals surface area contributed by atoms with Gasteiger partial charge < -0.3 is 5.32 Å². The van der Waals surface area contributed by atoms with Crippen molar-refractivity contribution in [1.82, 2.24) is 5.32 Å². The van der Waals surface area contributed by atoms with Gasteiger partial charge in [0.05, 0.1) is 0 Å². The summed E-state index contributed by atoms with van der Waals surface area (Å²) in [5, 5.41) is 3.72. The van der Waals surface area contributed by atoms with Gasteiger partial charge in [-0.25, -0.2) is 4.39 Å². The number of rotatable bonds is 4. The van der Waals surface area contributed by atoms with Gasteiger partial charge in [0.15, 0.2) is 0 Å². The first-order valence-corrected chi connectivity index (χ1v) is 7.17. The van der Waals surface area contributed by atoms with E-state index in [0.29, 0.717) is 17.1 Å². The molecule has 19 heavy (non-hydrogen) atoms. The largest absolute Gasteiger partial charge is 0.306 e. The lowest BCUT2D eigenvalue weighted by Gasteiger charge is -2.16. The SMILES string of the molecule is C[C@@H](NCc1ccc(Cl)cc1F)c1ccccc1Br. The van der Waals surface area contributed by atoms with E-state index in [1.54, 1.807) is 12.1 Å². The maximum atomic E-state index is 13.6. The lowest BCUT2D eigenvalue weighted by Crippen LogP contribution is -2.19. The lowest BCUT2D eigenvalue weighted by atomic mass is 10.1. The summed E-state index contributed by atoms with van der Waals surface area (Å²) in [5.41, 5.74) is 1.76.